The lowest BCUT2D eigenvalue weighted by Gasteiger charge is -2.23. The third-order valence-corrected chi connectivity index (χ3v) is 8.24. The Kier molecular flexibility index (Phi) is 6.77. The maximum atomic E-state index is 16.2. The van der Waals surface area contributed by atoms with Crippen molar-refractivity contribution in [2.24, 2.45) is 0 Å². The van der Waals surface area contributed by atoms with Crippen molar-refractivity contribution in [1.82, 2.24) is 0 Å². The molecular weight excluding hydrogens is 534 g/mol. The minimum atomic E-state index is -1.11. The molecule has 0 spiro atoms. The van der Waals surface area contributed by atoms with Crippen LogP contribution in [0.4, 0.5) is 8.78 Å². The first-order valence-electron chi connectivity index (χ1n) is 11.1. The van der Waals surface area contributed by atoms with Crippen molar-refractivity contribution in [3.63, 3.8) is 0 Å². The van der Waals surface area contributed by atoms with Gasteiger partial charge in [-0.15, -0.1) is 0 Å². The summed E-state index contributed by atoms with van der Waals surface area (Å²) in [5, 5.41) is 20.5. The Morgan fingerprint density at radius 1 is 0.579 bits per heavy atom. The molecule has 0 unspecified atom stereocenters. The summed E-state index contributed by atoms with van der Waals surface area (Å²) in [4.78, 5) is 27.3. The van der Waals surface area contributed by atoms with E-state index in [1.54, 1.807) is 48.5 Å². The number of ketones is 2. The van der Waals surface area contributed by atoms with Gasteiger partial charge in [0.2, 0.25) is 11.6 Å². The molecule has 0 aliphatic heterocycles. The van der Waals surface area contributed by atoms with Crippen molar-refractivity contribution in [1.29, 1.82) is 0 Å². The molecule has 0 bridgehead atoms. The molecule has 5 rings (SSSR count). The van der Waals surface area contributed by atoms with E-state index in [9.17, 15) is 19.8 Å². The van der Waals surface area contributed by atoms with Crippen LogP contribution in [0.5, 0.6) is 23.0 Å². The number of carbonyl (C=O) groups excluding carboxylic acids is 2. The summed E-state index contributed by atoms with van der Waals surface area (Å²) < 4.78 is 42.8. The zero-order valence-electron chi connectivity index (χ0n) is 19.9. The molecule has 2 N–H and O–H groups in total. The third kappa shape index (κ3) is 4.25. The van der Waals surface area contributed by atoms with E-state index in [4.69, 9.17) is 9.47 Å². The van der Waals surface area contributed by atoms with Gasteiger partial charge >= 0.3 is 0 Å². The number of fused-ring (bicyclic) bond motifs is 2. The zero-order valence-corrected chi connectivity index (χ0v) is 21.5. The summed E-state index contributed by atoms with van der Waals surface area (Å²) >= 11 is 1.75. The van der Waals surface area contributed by atoms with Gasteiger partial charge in [0, 0.05) is 9.79 Å². The van der Waals surface area contributed by atoms with Gasteiger partial charge in [0.1, 0.15) is 34.6 Å². The molecule has 192 valence electrons. The van der Waals surface area contributed by atoms with E-state index < -0.39 is 57.0 Å². The lowest BCUT2D eigenvalue weighted by molar-refractivity contribution is 0.0965. The summed E-state index contributed by atoms with van der Waals surface area (Å²) in [6.07, 6.45) is 0. The van der Waals surface area contributed by atoms with Crippen LogP contribution in [0.1, 0.15) is 31.8 Å². The van der Waals surface area contributed by atoms with Gasteiger partial charge in [-0.25, -0.2) is 8.78 Å². The number of phenols is 2. The van der Waals surface area contributed by atoms with Gasteiger partial charge in [-0.2, -0.15) is 0 Å². The standard InChI is InChI=1S/C28H18F2O6S2/c1-35-13-3-7-15(8-4-13)37-27-23(29)21-22(24(30)28(27)38-16-9-5-14(36-2)6-10-16)26(34)20-18(32)12-11-17(31)19(20)25(21)33/h3-12,31-32H,1-2H3. The second kappa shape index (κ2) is 10.0. The molecule has 0 aromatic heterocycles. The average Bonchev–Trinajstić information content (AvgIpc) is 2.93. The first kappa shape index (κ1) is 25.6. The molecule has 0 saturated heterocycles. The smallest absolute Gasteiger partial charge is 0.201 e. The Morgan fingerprint density at radius 3 is 1.24 bits per heavy atom. The molecule has 0 amide bonds. The SMILES string of the molecule is COc1ccc(Sc2c(F)c3c(c(F)c2Sc2ccc(OC)cc2)C(=O)c2c(O)ccc(O)c2C3=O)cc1. The molecule has 1 aliphatic rings. The molecule has 0 heterocycles. The largest absolute Gasteiger partial charge is 0.507 e. The molecule has 10 heteroatoms. The van der Waals surface area contributed by atoms with Crippen molar-refractivity contribution < 1.29 is 38.1 Å². The molecule has 0 atom stereocenters. The van der Waals surface area contributed by atoms with Crippen molar-refractivity contribution in [3.8, 4) is 23.0 Å². The van der Waals surface area contributed by atoms with Crippen molar-refractivity contribution in [2.45, 2.75) is 19.6 Å². The number of ether oxygens (including phenoxy) is 2. The van der Waals surface area contributed by atoms with Crippen molar-refractivity contribution in [2.75, 3.05) is 14.2 Å². The maximum absolute atomic E-state index is 16.2. The number of benzene rings is 4. The van der Waals surface area contributed by atoms with Crippen LogP contribution < -0.4 is 9.47 Å². The van der Waals surface area contributed by atoms with Gasteiger partial charge in [-0.05, 0) is 60.7 Å². The number of methoxy groups -OCH3 is 2. The number of rotatable bonds is 6. The normalized spacial score (nSPS) is 12.2. The Bertz CT molecular complexity index is 1480. The zero-order chi connectivity index (χ0) is 27.1. The topological polar surface area (TPSA) is 93.1 Å². The van der Waals surface area contributed by atoms with Crippen LogP contribution in [0.2, 0.25) is 0 Å². The van der Waals surface area contributed by atoms with Gasteiger partial charge in [0.05, 0.1) is 46.3 Å². The molecule has 6 nitrogen and oxygen atoms in total. The van der Waals surface area contributed by atoms with Crippen LogP contribution in [0, 0.1) is 11.6 Å². The predicted octanol–water partition coefficient (Wildman–Crippen LogP) is 6.47. The summed E-state index contributed by atoms with van der Waals surface area (Å²) in [6, 6.07) is 15.2. The lowest BCUT2D eigenvalue weighted by atomic mass is 9.82. The summed E-state index contributed by atoms with van der Waals surface area (Å²) in [7, 11) is 3.00. The quantitative estimate of drug-likeness (QED) is 0.232. The first-order valence-corrected chi connectivity index (χ1v) is 12.7. The third-order valence-electron chi connectivity index (χ3n) is 5.92. The fourth-order valence-electron chi connectivity index (χ4n) is 4.07. The van der Waals surface area contributed by atoms with E-state index in [1.165, 1.54) is 14.2 Å². The number of phenolic OH excluding ortho intramolecular Hbond substituents is 2. The lowest BCUT2D eigenvalue weighted by Crippen LogP contribution is -2.25. The highest BCUT2D eigenvalue weighted by Gasteiger charge is 2.41. The number of hydrogen-bond acceptors (Lipinski definition) is 8. The molecule has 38 heavy (non-hydrogen) atoms. The van der Waals surface area contributed by atoms with Gasteiger partial charge < -0.3 is 19.7 Å². The molecule has 0 fully saturated rings. The molecule has 0 saturated carbocycles. The van der Waals surface area contributed by atoms with E-state index in [1.807, 2.05) is 0 Å². The van der Waals surface area contributed by atoms with E-state index in [2.05, 4.69) is 0 Å². The van der Waals surface area contributed by atoms with Crippen molar-refractivity contribution in [3.05, 3.63) is 94.6 Å². The van der Waals surface area contributed by atoms with Crippen molar-refractivity contribution >= 4 is 35.1 Å². The first-order chi connectivity index (χ1) is 18.2. The second-order valence-corrected chi connectivity index (χ2v) is 10.3. The number of hydrogen-bond donors (Lipinski definition) is 2. The van der Waals surface area contributed by atoms with Crippen LogP contribution >= 0.6 is 23.5 Å². The van der Waals surface area contributed by atoms with E-state index >= 15 is 8.78 Å². The molecule has 4 aromatic rings. The number of halogens is 2. The molecular formula is C28H18F2O6S2. The van der Waals surface area contributed by atoms with E-state index in [-0.39, 0.29) is 9.79 Å². The van der Waals surface area contributed by atoms with Gasteiger partial charge in [0.15, 0.2) is 0 Å². The van der Waals surface area contributed by atoms with Gasteiger partial charge in [-0.3, -0.25) is 9.59 Å². The highest BCUT2D eigenvalue weighted by atomic mass is 32.2. The maximum Gasteiger partial charge on any atom is 0.201 e. The summed E-state index contributed by atoms with van der Waals surface area (Å²) in [6.45, 7) is 0. The monoisotopic (exact) mass is 552 g/mol. The molecule has 0 radical (unpaired) electrons. The highest BCUT2D eigenvalue weighted by molar-refractivity contribution is 8.02. The van der Waals surface area contributed by atoms with Crippen LogP contribution in [0.25, 0.3) is 0 Å². The highest BCUT2D eigenvalue weighted by Crippen LogP contribution is 2.48. The van der Waals surface area contributed by atoms with Gasteiger partial charge in [0.25, 0.3) is 0 Å². The van der Waals surface area contributed by atoms with Crippen LogP contribution in [-0.4, -0.2) is 36.0 Å². The molecule has 4 aromatic carbocycles. The minimum Gasteiger partial charge on any atom is -0.507 e. The summed E-state index contributed by atoms with van der Waals surface area (Å²) in [5.74, 6) is -4.53. The fraction of sp³-hybridized carbons (Fsp3) is 0.0714. The average molecular weight is 553 g/mol. The Morgan fingerprint density at radius 2 is 0.921 bits per heavy atom. The van der Waals surface area contributed by atoms with Gasteiger partial charge in [-0.1, -0.05) is 23.5 Å². The second-order valence-electron chi connectivity index (χ2n) is 8.10. The van der Waals surface area contributed by atoms with Crippen LogP contribution in [-0.2, 0) is 0 Å². The number of aromatic hydroxyl groups is 2. The minimum absolute atomic E-state index is 0.212. The predicted molar refractivity (Wildman–Crippen MR) is 137 cm³/mol. The molecule has 1 aliphatic carbocycles. The Labute approximate surface area is 224 Å². The van der Waals surface area contributed by atoms with Crippen LogP contribution in [0.3, 0.4) is 0 Å². The summed E-state index contributed by atoms with van der Waals surface area (Å²) in [5.41, 5.74) is -2.74. The number of carbonyl (C=O) groups is 2. The fourth-order valence-corrected chi connectivity index (χ4v) is 6.08. The van der Waals surface area contributed by atoms with Crippen LogP contribution in [0.15, 0.2) is 80.2 Å². The Balaban J connectivity index is 1.73. The van der Waals surface area contributed by atoms with E-state index in [0.717, 1.165) is 35.7 Å². The Hall–Kier alpha value is -4.02. The van der Waals surface area contributed by atoms with E-state index in [0.29, 0.717) is 21.3 Å².